The summed E-state index contributed by atoms with van der Waals surface area (Å²) in [5, 5.41) is 0. The Labute approximate surface area is 94.1 Å². The van der Waals surface area contributed by atoms with Crippen LogP contribution in [0.5, 0.6) is 11.6 Å². The van der Waals surface area contributed by atoms with E-state index in [1.807, 2.05) is 26.0 Å². The number of benzene rings is 1. The molecule has 0 radical (unpaired) electrons. The number of nitrogen functional groups attached to an aromatic ring is 1. The Bertz CT molecular complexity index is 511. The van der Waals surface area contributed by atoms with E-state index in [0.29, 0.717) is 5.88 Å². The van der Waals surface area contributed by atoms with Crippen molar-refractivity contribution in [1.82, 2.24) is 9.97 Å². The maximum absolute atomic E-state index is 5.66. The number of hydrogen-bond acceptors (Lipinski definition) is 4. The smallest absolute Gasteiger partial charge is 0.238 e. The number of nitrogens with zero attached hydrogens (tertiary/aromatic N) is 2. The van der Waals surface area contributed by atoms with Gasteiger partial charge in [-0.3, -0.25) is 4.98 Å². The highest BCUT2D eigenvalue weighted by Gasteiger charge is 2.03. The van der Waals surface area contributed by atoms with E-state index in [9.17, 15) is 0 Å². The van der Waals surface area contributed by atoms with Gasteiger partial charge in [-0.1, -0.05) is 0 Å². The third-order valence-electron chi connectivity index (χ3n) is 2.15. The van der Waals surface area contributed by atoms with Crippen LogP contribution < -0.4 is 10.5 Å². The van der Waals surface area contributed by atoms with Crippen molar-refractivity contribution in [2.75, 3.05) is 5.73 Å². The van der Waals surface area contributed by atoms with Crippen molar-refractivity contribution >= 4 is 5.69 Å². The molecule has 4 nitrogen and oxygen atoms in total. The fourth-order valence-corrected chi connectivity index (χ4v) is 1.39. The zero-order chi connectivity index (χ0) is 11.5. The second-order valence-corrected chi connectivity index (χ2v) is 3.63. The van der Waals surface area contributed by atoms with Crippen LogP contribution in [0, 0.1) is 13.8 Å². The Morgan fingerprint density at radius 1 is 1.19 bits per heavy atom. The Morgan fingerprint density at radius 2 is 2.00 bits per heavy atom. The number of anilines is 1. The quantitative estimate of drug-likeness (QED) is 0.782. The topological polar surface area (TPSA) is 61.0 Å². The summed E-state index contributed by atoms with van der Waals surface area (Å²) in [5.74, 6) is 1.24. The fraction of sp³-hybridized carbons (Fsp3) is 0.167. The van der Waals surface area contributed by atoms with Crippen molar-refractivity contribution < 1.29 is 4.74 Å². The second-order valence-electron chi connectivity index (χ2n) is 3.63. The lowest BCUT2D eigenvalue weighted by Crippen LogP contribution is -1.94. The van der Waals surface area contributed by atoms with Crippen LogP contribution >= 0.6 is 0 Å². The largest absolute Gasteiger partial charge is 0.437 e. The molecule has 2 N–H and O–H groups in total. The molecule has 2 aromatic rings. The Balaban J connectivity index is 2.27. The number of ether oxygens (including phenoxy) is 1. The minimum absolute atomic E-state index is 0.493. The minimum Gasteiger partial charge on any atom is -0.437 e. The van der Waals surface area contributed by atoms with Gasteiger partial charge in [0.05, 0.1) is 11.9 Å². The molecule has 0 amide bonds. The Morgan fingerprint density at radius 3 is 2.69 bits per heavy atom. The van der Waals surface area contributed by atoms with Crippen LogP contribution in [0.1, 0.15) is 11.3 Å². The van der Waals surface area contributed by atoms with Crippen LogP contribution in [0.4, 0.5) is 5.69 Å². The molecule has 82 valence electrons. The first kappa shape index (κ1) is 10.4. The molecule has 4 heteroatoms. The average molecular weight is 215 g/mol. The summed E-state index contributed by atoms with van der Waals surface area (Å²) in [5.41, 5.74) is 8.18. The van der Waals surface area contributed by atoms with E-state index in [-0.39, 0.29) is 0 Å². The molecule has 2 rings (SSSR count). The van der Waals surface area contributed by atoms with Crippen LogP contribution in [-0.4, -0.2) is 9.97 Å². The van der Waals surface area contributed by atoms with E-state index in [0.717, 1.165) is 22.7 Å². The third kappa shape index (κ3) is 2.28. The molecule has 0 fully saturated rings. The molecular formula is C12H13N3O. The monoisotopic (exact) mass is 215 g/mol. The van der Waals surface area contributed by atoms with Gasteiger partial charge in [0.1, 0.15) is 5.75 Å². The summed E-state index contributed by atoms with van der Waals surface area (Å²) in [7, 11) is 0. The molecule has 0 atom stereocenters. The summed E-state index contributed by atoms with van der Waals surface area (Å²) < 4.78 is 5.62. The zero-order valence-corrected chi connectivity index (χ0v) is 9.27. The van der Waals surface area contributed by atoms with Gasteiger partial charge < -0.3 is 10.5 Å². The van der Waals surface area contributed by atoms with Crippen molar-refractivity contribution in [3.8, 4) is 11.6 Å². The van der Waals surface area contributed by atoms with E-state index in [1.54, 1.807) is 18.5 Å². The van der Waals surface area contributed by atoms with Crippen molar-refractivity contribution in [3.63, 3.8) is 0 Å². The van der Waals surface area contributed by atoms with Crippen LogP contribution in [0.15, 0.2) is 30.6 Å². The molecular weight excluding hydrogens is 202 g/mol. The molecule has 0 saturated heterocycles. The van der Waals surface area contributed by atoms with Crippen LogP contribution in [0.3, 0.4) is 0 Å². The maximum atomic E-state index is 5.66. The third-order valence-corrected chi connectivity index (χ3v) is 2.15. The van der Waals surface area contributed by atoms with Crippen molar-refractivity contribution in [3.05, 3.63) is 41.9 Å². The Kier molecular flexibility index (Phi) is 2.72. The zero-order valence-electron chi connectivity index (χ0n) is 9.27. The fourth-order valence-electron chi connectivity index (χ4n) is 1.39. The summed E-state index contributed by atoms with van der Waals surface area (Å²) in [6.07, 6.45) is 3.27. The number of nitrogens with two attached hydrogens (primary N) is 1. The minimum atomic E-state index is 0.493. The van der Waals surface area contributed by atoms with Crippen LogP contribution in [0.2, 0.25) is 0 Å². The van der Waals surface area contributed by atoms with Gasteiger partial charge in [-0.15, -0.1) is 0 Å². The Hall–Kier alpha value is -2.10. The van der Waals surface area contributed by atoms with Gasteiger partial charge in [-0.2, -0.15) is 0 Å². The first-order valence-corrected chi connectivity index (χ1v) is 4.98. The average Bonchev–Trinajstić information content (AvgIpc) is 2.22. The van der Waals surface area contributed by atoms with E-state index < -0.39 is 0 Å². The lowest BCUT2D eigenvalue weighted by Gasteiger charge is -2.08. The highest BCUT2D eigenvalue weighted by Crippen LogP contribution is 2.24. The highest BCUT2D eigenvalue weighted by atomic mass is 16.5. The van der Waals surface area contributed by atoms with E-state index in [4.69, 9.17) is 10.5 Å². The van der Waals surface area contributed by atoms with Crippen LogP contribution in [-0.2, 0) is 0 Å². The van der Waals surface area contributed by atoms with Gasteiger partial charge in [0.25, 0.3) is 0 Å². The molecule has 0 aliphatic carbocycles. The highest BCUT2D eigenvalue weighted by molar-refractivity contribution is 5.47. The second kappa shape index (κ2) is 4.18. The first-order valence-electron chi connectivity index (χ1n) is 4.98. The molecule has 0 unspecified atom stereocenters. The lowest BCUT2D eigenvalue weighted by atomic mass is 10.2. The summed E-state index contributed by atoms with van der Waals surface area (Å²) in [4.78, 5) is 8.23. The van der Waals surface area contributed by atoms with Gasteiger partial charge in [0, 0.05) is 11.9 Å². The van der Waals surface area contributed by atoms with Crippen LogP contribution in [0.25, 0.3) is 0 Å². The van der Waals surface area contributed by atoms with Gasteiger partial charge in [-0.05, 0) is 37.6 Å². The van der Waals surface area contributed by atoms with Crippen molar-refractivity contribution in [2.24, 2.45) is 0 Å². The number of aromatic nitrogens is 2. The van der Waals surface area contributed by atoms with Gasteiger partial charge >= 0.3 is 0 Å². The normalized spacial score (nSPS) is 10.1. The molecule has 0 spiro atoms. The van der Waals surface area contributed by atoms with Gasteiger partial charge in [0.2, 0.25) is 5.88 Å². The van der Waals surface area contributed by atoms with Gasteiger partial charge in [-0.25, -0.2) is 4.98 Å². The number of rotatable bonds is 2. The summed E-state index contributed by atoms with van der Waals surface area (Å²) in [6.45, 7) is 3.81. The standard InChI is InChI=1S/C12H13N3O/c1-8-5-10(13)3-4-11(8)16-12-7-14-6-9(2)15-12/h3-7H,13H2,1-2H3. The number of hydrogen-bond donors (Lipinski definition) is 1. The molecule has 0 aliphatic heterocycles. The SMILES string of the molecule is Cc1cncc(Oc2ccc(N)cc2C)n1. The molecule has 1 heterocycles. The predicted molar refractivity (Wildman–Crippen MR) is 62.4 cm³/mol. The molecule has 1 aromatic heterocycles. The number of aryl methyl sites for hydroxylation is 2. The maximum Gasteiger partial charge on any atom is 0.238 e. The lowest BCUT2D eigenvalue weighted by molar-refractivity contribution is 0.455. The van der Waals surface area contributed by atoms with E-state index in [2.05, 4.69) is 9.97 Å². The van der Waals surface area contributed by atoms with Crippen molar-refractivity contribution in [1.29, 1.82) is 0 Å². The molecule has 0 aliphatic rings. The van der Waals surface area contributed by atoms with E-state index >= 15 is 0 Å². The molecule has 16 heavy (non-hydrogen) atoms. The predicted octanol–water partition coefficient (Wildman–Crippen LogP) is 2.47. The molecule has 0 bridgehead atoms. The molecule has 1 aromatic carbocycles. The summed E-state index contributed by atoms with van der Waals surface area (Å²) in [6, 6.07) is 5.48. The van der Waals surface area contributed by atoms with E-state index in [1.165, 1.54) is 0 Å². The van der Waals surface area contributed by atoms with Crippen molar-refractivity contribution in [2.45, 2.75) is 13.8 Å². The molecule has 0 saturated carbocycles. The first-order chi connectivity index (χ1) is 7.65. The summed E-state index contributed by atoms with van der Waals surface area (Å²) >= 11 is 0. The van der Waals surface area contributed by atoms with Gasteiger partial charge in [0.15, 0.2) is 0 Å².